The van der Waals surface area contributed by atoms with Crippen molar-refractivity contribution in [2.24, 2.45) is 5.92 Å². The van der Waals surface area contributed by atoms with Crippen LogP contribution in [-0.4, -0.2) is 56.0 Å². The summed E-state index contributed by atoms with van der Waals surface area (Å²) in [4.78, 5) is 0. The van der Waals surface area contributed by atoms with Crippen molar-refractivity contribution in [2.45, 2.75) is 18.9 Å². The lowest BCUT2D eigenvalue weighted by Crippen LogP contribution is -2.51. The van der Waals surface area contributed by atoms with Gasteiger partial charge in [0, 0.05) is 6.54 Å². The first kappa shape index (κ1) is 11.3. The van der Waals surface area contributed by atoms with E-state index in [2.05, 4.69) is 0 Å². The fourth-order valence-corrected chi connectivity index (χ4v) is 3.88. The molecule has 88 valence electrons. The van der Waals surface area contributed by atoms with Gasteiger partial charge >= 0.3 is 0 Å². The van der Waals surface area contributed by atoms with Crippen molar-refractivity contribution in [3.05, 3.63) is 0 Å². The molecular weight excluding hydrogens is 218 g/mol. The summed E-state index contributed by atoms with van der Waals surface area (Å²) in [5.74, 6) is 0.584. The van der Waals surface area contributed by atoms with Gasteiger partial charge in [-0.25, -0.2) is 8.42 Å². The Morgan fingerprint density at radius 3 is 2.73 bits per heavy atom. The van der Waals surface area contributed by atoms with Crippen LogP contribution in [0.15, 0.2) is 0 Å². The van der Waals surface area contributed by atoms with E-state index >= 15 is 0 Å². The quantitative estimate of drug-likeness (QED) is 0.708. The second kappa shape index (κ2) is 4.37. The maximum atomic E-state index is 12.0. The molecule has 1 heterocycles. The molecule has 0 aromatic rings. The maximum absolute atomic E-state index is 12.0. The van der Waals surface area contributed by atoms with E-state index in [1.165, 1.54) is 4.31 Å². The highest BCUT2D eigenvalue weighted by atomic mass is 32.2. The number of nitrogens with zero attached hydrogens (tertiary/aromatic N) is 1. The van der Waals surface area contributed by atoms with Gasteiger partial charge in [0.25, 0.3) is 0 Å². The molecule has 1 saturated carbocycles. The highest BCUT2D eigenvalue weighted by molar-refractivity contribution is 7.89. The average molecular weight is 235 g/mol. The summed E-state index contributed by atoms with van der Waals surface area (Å²) in [6.45, 7) is 0.949. The van der Waals surface area contributed by atoms with E-state index in [1.54, 1.807) is 0 Å². The van der Waals surface area contributed by atoms with Gasteiger partial charge in [0.15, 0.2) is 0 Å². The maximum Gasteiger partial charge on any atom is 0.214 e. The van der Waals surface area contributed by atoms with Crippen LogP contribution in [0, 0.1) is 5.92 Å². The van der Waals surface area contributed by atoms with E-state index in [0.717, 1.165) is 12.8 Å². The first-order valence-electron chi connectivity index (χ1n) is 5.31. The molecule has 1 atom stereocenters. The summed E-state index contributed by atoms with van der Waals surface area (Å²) in [5, 5.41) is 9.09. The van der Waals surface area contributed by atoms with Crippen molar-refractivity contribution in [2.75, 3.05) is 32.1 Å². The third-order valence-electron chi connectivity index (χ3n) is 2.88. The largest absolute Gasteiger partial charge is 0.395 e. The van der Waals surface area contributed by atoms with Crippen LogP contribution in [0.25, 0.3) is 0 Å². The van der Waals surface area contributed by atoms with Gasteiger partial charge in [-0.15, -0.1) is 0 Å². The van der Waals surface area contributed by atoms with Crippen LogP contribution in [0.1, 0.15) is 12.8 Å². The van der Waals surface area contributed by atoms with Gasteiger partial charge in [0.1, 0.15) is 0 Å². The molecule has 0 bridgehead atoms. The van der Waals surface area contributed by atoms with Crippen LogP contribution in [0.4, 0.5) is 0 Å². The zero-order valence-corrected chi connectivity index (χ0v) is 9.45. The van der Waals surface area contributed by atoms with Gasteiger partial charge < -0.3 is 9.84 Å². The third kappa shape index (κ3) is 2.69. The molecule has 0 radical (unpaired) electrons. The predicted molar refractivity (Wildman–Crippen MR) is 54.9 cm³/mol. The Bertz CT molecular complexity index is 312. The Morgan fingerprint density at radius 1 is 1.40 bits per heavy atom. The number of aliphatic hydroxyl groups excluding tert-OH is 1. The monoisotopic (exact) mass is 235 g/mol. The van der Waals surface area contributed by atoms with Gasteiger partial charge in [-0.2, -0.15) is 4.31 Å². The molecule has 2 fully saturated rings. The zero-order chi connectivity index (χ0) is 10.9. The van der Waals surface area contributed by atoms with Crippen LogP contribution < -0.4 is 0 Å². The van der Waals surface area contributed by atoms with Crippen LogP contribution in [0.2, 0.25) is 0 Å². The minimum absolute atomic E-state index is 0.163. The Morgan fingerprint density at radius 2 is 2.13 bits per heavy atom. The second-order valence-corrected chi connectivity index (χ2v) is 6.21. The van der Waals surface area contributed by atoms with E-state index < -0.39 is 10.0 Å². The fourth-order valence-electron chi connectivity index (χ4n) is 1.83. The van der Waals surface area contributed by atoms with Crippen molar-refractivity contribution in [1.82, 2.24) is 4.31 Å². The number of sulfonamides is 1. The van der Waals surface area contributed by atoms with E-state index in [0.29, 0.717) is 25.7 Å². The molecule has 2 rings (SSSR count). The molecule has 1 aliphatic carbocycles. The average Bonchev–Trinajstić information content (AvgIpc) is 3.01. The van der Waals surface area contributed by atoms with Crippen molar-refractivity contribution in [3.8, 4) is 0 Å². The highest BCUT2D eigenvalue weighted by Gasteiger charge is 2.36. The lowest BCUT2D eigenvalue weighted by Gasteiger charge is -2.33. The number of aliphatic hydroxyl groups is 1. The second-order valence-electron chi connectivity index (χ2n) is 4.24. The topological polar surface area (TPSA) is 66.8 Å². The highest BCUT2D eigenvalue weighted by Crippen LogP contribution is 2.31. The lowest BCUT2D eigenvalue weighted by molar-refractivity contribution is 0.0109. The summed E-state index contributed by atoms with van der Waals surface area (Å²) >= 11 is 0. The minimum Gasteiger partial charge on any atom is -0.395 e. The lowest BCUT2D eigenvalue weighted by atomic mass is 10.3. The molecule has 1 unspecified atom stereocenters. The van der Waals surface area contributed by atoms with Gasteiger partial charge in [-0.05, 0) is 18.8 Å². The van der Waals surface area contributed by atoms with E-state index in [1.807, 2.05) is 0 Å². The SMILES string of the molecule is O=S(=O)(CC1CC1)N1CCOCC1CO. The number of hydrogen-bond donors (Lipinski definition) is 1. The van der Waals surface area contributed by atoms with Gasteiger partial charge in [0.05, 0.1) is 31.6 Å². The molecule has 2 aliphatic rings. The number of rotatable bonds is 4. The van der Waals surface area contributed by atoms with E-state index in [9.17, 15) is 8.42 Å². The third-order valence-corrected chi connectivity index (χ3v) is 4.97. The first-order chi connectivity index (χ1) is 7.13. The Labute approximate surface area is 90.1 Å². The zero-order valence-electron chi connectivity index (χ0n) is 8.63. The summed E-state index contributed by atoms with van der Waals surface area (Å²) in [5.41, 5.74) is 0. The Kier molecular flexibility index (Phi) is 3.30. The van der Waals surface area contributed by atoms with E-state index in [4.69, 9.17) is 9.84 Å². The molecule has 6 heteroatoms. The number of morpholine rings is 1. The fraction of sp³-hybridized carbons (Fsp3) is 1.00. The van der Waals surface area contributed by atoms with Crippen molar-refractivity contribution in [3.63, 3.8) is 0 Å². The first-order valence-corrected chi connectivity index (χ1v) is 6.92. The smallest absolute Gasteiger partial charge is 0.214 e. The van der Waals surface area contributed by atoms with Crippen LogP contribution >= 0.6 is 0 Å². The normalized spacial score (nSPS) is 29.3. The molecular formula is C9H17NO4S. The van der Waals surface area contributed by atoms with Crippen molar-refractivity contribution < 1.29 is 18.3 Å². The van der Waals surface area contributed by atoms with Crippen molar-refractivity contribution in [1.29, 1.82) is 0 Å². The summed E-state index contributed by atoms with van der Waals surface area (Å²) in [6, 6.07) is -0.387. The molecule has 1 N–H and O–H groups in total. The summed E-state index contributed by atoms with van der Waals surface area (Å²) in [7, 11) is -3.19. The Balaban J connectivity index is 2.04. The minimum atomic E-state index is -3.19. The van der Waals surface area contributed by atoms with Gasteiger partial charge in [-0.1, -0.05) is 0 Å². The van der Waals surface area contributed by atoms with Crippen LogP contribution in [0.5, 0.6) is 0 Å². The van der Waals surface area contributed by atoms with Crippen molar-refractivity contribution >= 4 is 10.0 Å². The molecule has 0 amide bonds. The van der Waals surface area contributed by atoms with Gasteiger partial charge in [0.2, 0.25) is 10.0 Å². The molecule has 5 nitrogen and oxygen atoms in total. The summed E-state index contributed by atoms with van der Waals surface area (Å²) < 4.78 is 30.5. The molecule has 1 aliphatic heterocycles. The molecule has 0 aromatic carbocycles. The molecule has 0 aromatic heterocycles. The predicted octanol–water partition coefficient (Wildman–Crippen LogP) is -0.581. The number of ether oxygens (including phenoxy) is 1. The summed E-state index contributed by atoms with van der Waals surface area (Å²) in [6.07, 6.45) is 2.04. The standard InChI is InChI=1S/C9H17NO4S/c11-5-9-6-14-4-3-10(9)15(12,13)7-8-1-2-8/h8-9,11H,1-7H2. The molecule has 0 spiro atoms. The van der Waals surface area contributed by atoms with Crippen LogP contribution in [0.3, 0.4) is 0 Å². The van der Waals surface area contributed by atoms with E-state index in [-0.39, 0.29) is 18.4 Å². The van der Waals surface area contributed by atoms with Crippen LogP contribution in [-0.2, 0) is 14.8 Å². The molecule has 1 saturated heterocycles. The molecule has 15 heavy (non-hydrogen) atoms. The number of hydrogen-bond acceptors (Lipinski definition) is 4. The van der Waals surface area contributed by atoms with Gasteiger partial charge in [-0.3, -0.25) is 0 Å². The Hall–Kier alpha value is -0.170.